The van der Waals surface area contributed by atoms with Gasteiger partial charge in [0.1, 0.15) is 16.5 Å². The van der Waals surface area contributed by atoms with E-state index in [1.54, 1.807) is 7.05 Å². The Morgan fingerprint density at radius 2 is 2.00 bits per heavy atom. The molecule has 1 aliphatic heterocycles. The molecule has 14 heteroatoms. The smallest absolute Gasteiger partial charge is 0.406 e. The molecule has 3 N–H and O–H groups in total. The van der Waals surface area contributed by atoms with Crippen LogP contribution in [0.1, 0.15) is 6.42 Å². The minimum atomic E-state index is -4.85. The maximum absolute atomic E-state index is 14.8. The zero-order valence-electron chi connectivity index (χ0n) is 18.3. The number of nitrogens with zero attached hydrogens (tertiary/aromatic N) is 2. The summed E-state index contributed by atoms with van der Waals surface area (Å²) in [4.78, 5) is 5.14. The number of sulfonamides is 1. The standard InChI is InChI=1S/C21H21F4N5O3S2/c1-26-14-6-7-30(10-14)18-9-15(33-21(23,24)25)3-4-17(18)28-13-2-5-19(16(22)8-13)35(31,32)29-20-11-34-12-27-20/h2-5,8-9,11-12,14,26,28-29H,6-7,10H2,1H3. The summed E-state index contributed by atoms with van der Waals surface area (Å²) >= 11 is 1.18. The summed E-state index contributed by atoms with van der Waals surface area (Å²) in [7, 11) is -2.40. The highest BCUT2D eigenvalue weighted by atomic mass is 32.2. The van der Waals surface area contributed by atoms with Gasteiger partial charge < -0.3 is 20.3 Å². The molecular formula is C21H21F4N5O3S2. The molecule has 0 aliphatic carbocycles. The molecule has 1 saturated heterocycles. The highest BCUT2D eigenvalue weighted by molar-refractivity contribution is 7.92. The number of nitrogens with one attached hydrogen (secondary N) is 3. The first kappa shape index (κ1) is 25.0. The Labute approximate surface area is 203 Å². The first-order valence-corrected chi connectivity index (χ1v) is 12.8. The van der Waals surface area contributed by atoms with Gasteiger partial charge >= 0.3 is 6.36 Å². The van der Waals surface area contributed by atoms with Gasteiger partial charge in [-0.3, -0.25) is 4.72 Å². The Kier molecular flexibility index (Phi) is 7.05. The second kappa shape index (κ2) is 9.87. The van der Waals surface area contributed by atoms with Crippen LogP contribution in [0.2, 0.25) is 0 Å². The number of likely N-dealkylation sites (N-methyl/N-ethyl adjacent to an activating group) is 1. The number of ether oxygens (including phenoxy) is 1. The van der Waals surface area contributed by atoms with Gasteiger partial charge in [-0.2, -0.15) is 0 Å². The van der Waals surface area contributed by atoms with Gasteiger partial charge in [0.25, 0.3) is 10.0 Å². The molecule has 2 aromatic carbocycles. The lowest BCUT2D eigenvalue weighted by Crippen LogP contribution is -2.29. The SMILES string of the molecule is CNC1CCN(c2cc(OC(F)(F)F)ccc2Nc2ccc(S(=O)(=O)Nc3cscn3)c(F)c2)C1. The molecular weight excluding hydrogens is 510 g/mol. The number of anilines is 4. The largest absolute Gasteiger partial charge is 0.573 e. The third kappa shape index (κ3) is 6.13. The van der Waals surface area contributed by atoms with Gasteiger partial charge in [0.15, 0.2) is 5.82 Å². The molecule has 2 heterocycles. The number of benzene rings is 2. The van der Waals surface area contributed by atoms with Crippen molar-refractivity contribution < 1.29 is 30.7 Å². The summed E-state index contributed by atoms with van der Waals surface area (Å²) in [5.74, 6) is -1.31. The zero-order valence-corrected chi connectivity index (χ0v) is 19.9. The van der Waals surface area contributed by atoms with Crippen molar-refractivity contribution in [1.29, 1.82) is 0 Å². The highest BCUT2D eigenvalue weighted by Gasteiger charge is 2.32. The van der Waals surface area contributed by atoms with Crippen molar-refractivity contribution in [3.8, 4) is 5.75 Å². The van der Waals surface area contributed by atoms with E-state index in [2.05, 4.69) is 25.1 Å². The minimum absolute atomic E-state index is 0.0768. The van der Waals surface area contributed by atoms with Gasteiger partial charge in [-0.15, -0.1) is 24.5 Å². The van der Waals surface area contributed by atoms with Gasteiger partial charge in [0.05, 0.1) is 16.9 Å². The van der Waals surface area contributed by atoms with Crippen LogP contribution in [0.15, 0.2) is 52.2 Å². The van der Waals surface area contributed by atoms with E-state index in [4.69, 9.17) is 0 Å². The third-order valence-corrected chi connectivity index (χ3v) is 7.29. The molecule has 8 nitrogen and oxygen atoms in total. The van der Waals surface area contributed by atoms with Crippen LogP contribution in [0.25, 0.3) is 0 Å². The molecule has 3 aromatic rings. The predicted octanol–water partition coefficient (Wildman–Crippen LogP) is 4.52. The van der Waals surface area contributed by atoms with Crippen molar-refractivity contribution in [3.63, 3.8) is 0 Å². The van der Waals surface area contributed by atoms with Crippen molar-refractivity contribution in [1.82, 2.24) is 10.3 Å². The van der Waals surface area contributed by atoms with E-state index in [9.17, 15) is 26.0 Å². The average Bonchev–Trinajstić information content (AvgIpc) is 3.45. The van der Waals surface area contributed by atoms with Gasteiger partial charge in [-0.05, 0) is 43.8 Å². The van der Waals surface area contributed by atoms with Crippen molar-refractivity contribution in [3.05, 3.63) is 53.1 Å². The highest BCUT2D eigenvalue weighted by Crippen LogP contribution is 2.37. The third-order valence-electron chi connectivity index (χ3n) is 5.31. The molecule has 0 bridgehead atoms. The summed E-state index contributed by atoms with van der Waals surface area (Å²) in [5.41, 5.74) is 2.49. The van der Waals surface area contributed by atoms with E-state index in [0.29, 0.717) is 24.5 Å². The summed E-state index contributed by atoms with van der Waals surface area (Å²) in [6, 6.07) is 7.43. The summed E-state index contributed by atoms with van der Waals surface area (Å²) in [6.07, 6.45) is -4.06. The summed E-state index contributed by atoms with van der Waals surface area (Å²) in [6.45, 7) is 1.14. The maximum atomic E-state index is 14.8. The molecule has 0 spiro atoms. The van der Waals surface area contributed by atoms with E-state index in [1.807, 2.05) is 4.90 Å². The van der Waals surface area contributed by atoms with Crippen LogP contribution >= 0.6 is 11.3 Å². The second-order valence-electron chi connectivity index (χ2n) is 7.70. The lowest BCUT2D eigenvalue weighted by Gasteiger charge is -2.24. The number of aromatic nitrogens is 1. The zero-order chi connectivity index (χ0) is 25.2. The fourth-order valence-corrected chi connectivity index (χ4v) is 5.32. The molecule has 1 unspecified atom stereocenters. The Morgan fingerprint density at radius 1 is 1.20 bits per heavy atom. The number of rotatable bonds is 8. The molecule has 0 saturated carbocycles. The van der Waals surface area contributed by atoms with Gasteiger partial charge in [0.2, 0.25) is 0 Å². The van der Waals surface area contributed by atoms with Crippen molar-refractivity contribution >= 4 is 44.2 Å². The fraction of sp³-hybridized carbons (Fsp3) is 0.286. The van der Waals surface area contributed by atoms with Crippen LogP contribution in [-0.4, -0.2) is 45.9 Å². The predicted molar refractivity (Wildman–Crippen MR) is 125 cm³/mol. The van der Waals surface area contributed by atoms with E-state index < -0.39 is 27.1 Å². The molecule has 1 atom stereocenters. The molecule has 188 valence electrons. The topological polar surface area (TPSA) is 95.6 Å². The van der Waals surface area contributed by atoms with E-state index in [-0.39, 0.29) is 23.3 Å². The van der Waals surface area contributed by atoms with E-state index >= 15 is 0 Å². The van der Waals surface area contributed by atoms with Crippen molar-refractivity contribution in [2.24, 2.45) is 0 Å². The van der Waals surface area contributed by atoms with Crippen LogP contribution in [0.4, 0.5) is 40.4 Å². The monoisotopic (exact) mass is 531 g/mol. The number of alkyl halides is 3. The summed E-state index contributed by atoms with van der Waals surface area (Å²) in [5, 5.41) is 7.58. The number of hydrogen-bond donors (Lipinski definition) is 3. The average molecular weight is 532 g/mol. The maximum Gasteiger partial charge on any atom is 0.573 e. The van der Waals surface area contributed by atoms with Gasteiger partial charge in [-0.25, -0.2) is 17.8 Å². The minimum Gasteiger partial charge on any atom is -0.406 e. The Bertz CT molecular complexity index is 1290. The first-order chi connectivity index (χ1) is 16.5. The molecule has 4 rings (SSSR count). The summed E-state index contributed by atoms with van der Waals surface area (Å²) < 4.78 is 84.3. The molecule has 35 heavy (non-hydrogen) atoms. The lowest BCUT2D eigenvalue weighted by molar-refractivity contribution is -0.274. The number of thiazole rings is 1. The molecule has 0 amide bonds. The van der Waals surface area contributed by atoms with Crippen molar-refractivity contribution in [2.75, 3.05) is 35.1 Å². The van der Waals surface area contributed by atoms with Gasteiger partial charge in [-0.1, -0.05) is 0 Å². The van der Waals surface area contributed by atoms with Gasteiger partial charge in [0, 0.05) is 36.3 Å². The van der Waals surface area contributed by atoms with Crippen LogP contribution in [0.3, 0.4) is 0 Å². The lowest BCUT2D eigenvalue weighted by atomic mass is 10.2. The number of hydrogen-bond acceptors (Lipinski definition) is 8. The first-order valence-electron chi connectivity index (χ1n) is 10.3. The normalized spacial score (nSPS) is 16.4. The molecule has 0 radical (unpaired) electrons. The van der Waals surface area contributed by atoms with Crippen LogP contribution in [-0.2, 0) is 10.0 Å². The Balaban J connectivity index is 1.61. The fourth-order valence-electron chi connectivity index (χ4n) is 3.70. The van der Waals surface area contributed by atoms with Crippen molar-refractivity contribution in [2.45, 2.75) is 23.7 Å². The molecule has 1 aromatic heterocycles. The van der Waals surface area contributed by atoms with E-state index in [0.717, 1.165) is 24.6 Å². The van der Waals surface area contributed by atoms with Crippen LogP contribution in [0.5, 0.6) is 5.75 Å². The molecule has 1 fully saturated rings. The Morgan fingerprint density at radius 3 is 2.63 bits per heavy atom. The van der Waals surface area contributed by atoms with Crippen LogP contribution < -0.4 is 25.0 Å². The van der Waals surface area contributed by atoms with Crippen LogP contribution in [0, 0.1) is 5.82 Å². The molecule has 1 aliphatic rings. The Hall–Kier alpha value is -3.10. The second-order valence-corrected chi connectivity index (χ2v) is 10.1. The van der Waals surface area contributed by atoms with E-state index in [1.165, 1.54) is 40.4 Å². The number of halogens is 4. The quantitative estimate of drug-likeness (QED) is 0.368.